The maximum absolute atomic E-state index is 13.8. The smallest absolute Gasteiger partial charge is 0.308 e. The average molecular weight is 489 g/mol. The van der Waals surface area contributed by atoms with Crippen molar-refractivity contribution < 1.29 is 24.6 Å². The Kier molecular flexibility index (Phi) is 6.70. The van der Waals surface area contributed by atoms with Gasteiger partial charge in [-0.25, -0.2) is 0 Å². The number of alkyl halides is 1. The number of carbonyl (C=O) groups is 3. The molecule has 0 radical (unpaired) electrons. The van der Waals surface area contributed by atoms with Crippen molar-refractivity contribution >= 4 is 45.5 Å². The molecule has 3 unspecified atom stereocenters. The molecular weight excluding hydrogens is 460 g/mol. The Morgan fingerprint density at radius 1 is 1.52 bits per heavy atom. The van der Waals surface area contributed by atoms with Crippen LogP contribution in [-0.4, -0.2) is 84.4 Å². The van der Waals surface area contributed by atoms with Gasteiger partial charge in [-0.05, 0) is 19.8 Å². The molecule has 3 saturated heterocycles. The van der Waals surface area contributed by atoms with E-state index < -0.39 is 34.6 Å². The molecule has 0 aromatic rings. The third-order valence-corrected chi connectivity index (χ3v) is 9.65. The highest BCUT2D eigenvalue weighted by molar-refractivity contribution is 9.09. The van der Waals surface area contributed by atoms with Crippen molar-refractivity contribution in [3.8, 4) is 0 Å². The Morgan fingerprint density at radius 2 is 2.21 bits per heavy atom. The predicted octanol–water partition coefficient (Wildman–Crippen LogP) is 1.73. The van der Waals surface area contributed by atoms with Crippen LogP contribution in [0.25, 0.3) is 0 Å². The van der Waals surface area contributed by atoms with Crippen LogP contribution in [-0.2, 0) is 14.4 Å². The molecule has 0 aromatic carbocycles. The van der Waals surface area contributed by atoms with Crippen molar-refractivity contribution in [2.75, 3.05) is 19.7 Å². The van der Waals surface area contributed by atoms with E-state index in [0.717, 1.165) is 12.8 Å². The van der Waals surface area contributed by atoms with Crippen LogP contribution in [0.1, 0.15) is 33.1 Å². The van der Waals surface area contributed by atoms with Crippen molar-refractivity contribution in [3.63, 3.8) is 0 Å². The molecule has 29 heavy (non-hydrogen) atoms. The van der Waals surface area contributed by atoms with Gasteiger partial charge in [0.1, 0.15) is 6.04 Å². The molecule has 3 aliphatic rings. The molecule has 0 aliphatic carbocycles. The first-order valence-electron chi connectivity index (χ1n) is 10.1. The molecule has 2 amide bonds. The van der Waals surface area contributed by atoms with Gasteiger partial charge < -0.3 is 20.0 Å². The average Bonchev–Trinajstić information content (AvgIpc) is 3.27. The Bertz CT molecular complexity index is 706. The van der Waals surface area contributed by atoms with Crippen molar-refractivity contribution in [3.05, 3.63) is 12.7 Å². The molecule has 0 saturated carbocycles. The first-order valence-corrected chi connectivity index (χ1v) is 11.9. The fourth-order valence-corrected chi connectivity index (χ4v) is 8.75. The molecule has 7 nitrogen and oxygen atoms in total. The number of carboxylic acids is 1. The number of thioether (sulfide) groups is 1. The largest absolute Gasteiger partial charge is 0.481 e. The number of unbranched alkanes of at least 4 members (excludes halogenated alkanes) is 1. The molecule has 2 bridgehead atoms. The highest BCUT2D eigenvalue weighted by Gasteiger charge is 2.76. The second-order valence-electron chi connectivity index (χ2n) is 8.21. The van der Waals surface area contributed by atoms with Gasteiger partial charge in [-0.3, -0.25) is 14.4 Å². The number of likely N-dealkylation sites (tertiary alicyclic amines) is 1. The molecule has 9 heteroatoms. The maximum Gasteiger partial charge on any atom is 0.308 e. The first kappa shape index (κ1) is 22.6. The lowest BCUT2D eigenvalue weighted by molar-refractivity contribution is -0.149. The summed E-state index contributed by atoms with van der Waals surface area (Å²) in [6.45, 7) is 8.16. The second-order valence-corrected chi connectivity index (χ2v) is 10.9. The van der Waals surface area contributed by atoms with E-state index in [0.29, 0.717) is 19.5 Å². The molecule has 2 N–H and O–H groups in total. The van der Waals surface area contributed by atoms with Crippen molar-refractivity contribution in [1.29, 1.82) is 0 Å². The molecule has 3 heterocycles. The van der Waals surface area contributed by atoms with E-state index in [2.05, 4.69) is 22.5 Å². The number of aliphatic carboxylic acids is 1. The van der Waals surface area contributed by atoms with E-state index >= 15 is 0 Å². The summed E-state index contributed by atoms with van der Waals surface area (Å²) in [6, 6.07) is -1.34. The van der Waals surface area contributed by atoms with Gasteiger partial charge in [-0.15, -0.1) is 18.3 Å². The predicted molar refractivity (Wildman–Crippen MR) is 115 cm³/mol. The van der Waals surface area contributed by atoms with Gasteiger partial charge in [0, 0.05) is 23.2 Å². The maximum atomic E-state index is 13.8. The van der Waals surface area contributed by atoms with Gasteiger partial charge in [-0.1, -0.05) is 35.4 Å². The summed E-state index contributed by atoms with van der Waals surface area (Å²) in [5.41, 5.74) is 0. The Hall–Kier alpha value is -1.06. The number of carbonyl (C=O) groups excluding carboxylic acids is 2. The lowest BCUT2D eigenvalue weighted by Gasteiger charge is -2.39. The molecule has 0 aromatic heterocycles. The Balaban J connectivity index is 2.06. The number of carboxylic acid groups (broad SMARTS) is 1. The van der Waals surface area contributed by atoms with Gasteiger partial charge in [0.2, 0.25) is 11.8 Å². The van der Waals surface area contributed by atoms with Gasteiger partial charge in [0.05, 0.1) is 29.2 Å². The van der Waals surface area contributed by atoms with E-state index in [1.807, 2.05) is 6.92 Å². The van der Waals surface area contributed by atoms with Crippen molar-refractivity contribution in [1.82, 2.24) is 9.80 Å². The monoisotopic (exact) mass is 488 g/mol. The summed E-state index contributed by atoms with van der Waals surface area (Å²) in [4.78, 5) is 42.4. The van der Waals surface area contributed by atoms with Crippen LogP contribution in [0.4, 0.5) is 0 Å². The van der Waals surface area contributed by atoms with Crippen LogP contribution in [0.2, 0.25) is 0 Å². The fourth-order valence-electron chi connectivity index (χ4n) is 5.16. The normalized spacial score (nSPS) is 36.2. The van der Waals surface area contributed by atoms with Crippen molar-refractivity contribution in [2.45, 2.75) is 60.0 Å². The first-order chi connectivity index (χ1) is 13.7. The highest BCUT2D eigenvalue weighted by atomic mass is 79.9. The zero-order valence-corrected chi connectivity index (χ0v) is 19.2. The quantitative estimate of drug-likeness (QED) is 0.378. The Morgan fingerprint density at radius 3 is 2.76 bits per heavy atom. The zero-order valence-electron chi connectivity index (χ0n) is 16.8. The van der Waals surface area contributed by atoms with Crippen LogP contribution in [0, 0.1) is 11.8 Å². The summed E-state index contributed by atoms with van der Waals surface area (Å²) in [7, 11) is 0. The van der Waals surface area contributed by atoms with E-state index in [1.54, 1.807) is 17.9 Å². The highest BCUT2D eigenvalue weighted by Crippen LogP contribution is 2.68. The van der Waals surface area contributed by atoms with E-state index in [9.17, 15) is 24.6 Å². The number of rotatable bonds is 9. The number of nitrogens with zero attached hydrogens (tertiary/aromatic N) is 2. The Labute approximate surface area is 184 Å². The second kappa shape index (κ2) is 8.59. The summed E-state index contributed by atoms with van der Waals surface area (Å²) in [5, 5.41) is 19.4. The molecule has 162 valence electrons. The summed E-state index contributed by atoms with van der Waals surface area (Å²) in [6.07, 6.45) is 3.99. The molecular formula is C20H29BrN2O5S. The summed E-state index contributed by atoms with van der Waals surface area (Å²) in [5.74, 6) is -3.07. The topological polar surface area (TPSA) is 98.2 Å². The van der Waals surface area contributed by atoms with Crippen LogP contribution < -0.4 is 0 Å². The summed E-state index contributed by atoms with van der Waals surface area (Å²) < 4.78 is -0.787. The minimum absolute atomic E-state index is 0.0687. The molecule has 7 atom stereocenters. The van der Waals surface area contributed by atoms with Crippen LogP contribution in [0.3, 0.4) is 0 Å². The fraction of sp³-hybridized carbons (Fsp3) is 0.750. The van der Waals surface area contributed by atoms with Gasteiger partial charge in [0.15, 0.2) is 0 Å². The number of hydrogen-bond acceptors (Lipinski definition) is 5. The van der Waals surface area contributed by atoms with Crippen LogP contribution in [0.5, 0.6) is 0 Å². The van der Waals surface area contributed by atoms with Crippen LogP contribution >= 0.6 is 27.7 Å². The summed E-state index contributed by atoms with van der Waals surface area (Å²) >= 11 is 5.09. The number of fused-ring (bicyclic) bond motifs is 1. The third-order valence-electron chi connectivity index (χ3n) is 6.43. The van der Waals surface area contributed by atoms with Gasteiger partial charge in [-0.2, -0.15) is 0 Å². The lowest BCUT2D eigenvalue weighted by atomic mass is 9.71. The number of halogens is 1. The molecule has 3 rings (SSSR count). The molecule has 3 fully saturated rings. The lowest BCUT2D eigenvalue weighted by Crippen LogP contribution is -2.57. The number of amides is 2. The standard InChI is InChI=1S/C20H29BrN2O5S/c1-4-6-8-22(7-5-2)18(26)16-20-9-12(21)15(29-20)13(19(27)28)14(20)17(25)23(16)11(3)10-24/h5,11-16,24H,2,4,6-10H2,1,3H3,(H,27,28)/t11-,12?,13+,14+,15+,16?,20?/m1/s1. The number of aliphatic hydroxyl groups excluding tert-OH is 1. The SMILES string of the molecule is C=CCN(CCCC)C(=O)C1N([C@H](C)CO)C(=O)[C@@H]2[C@H](C(=O)O)[C@H]3SC12CC3Br. The molecule has 1 spiro atoms. The van der Waals surface area contributed by atoms with Gasteiger partial charge in [0.25, 0.3) is 0 Å². The van der Waals surface area contributed by atoms with Gasteiger partial charge >= 0.3 is 5.97 Å². The number of hydrogen-bond donors (Lipinski definition) is 2. The minimum atomic E-state index is -0.995. The van der Waals surface area contributed by atoms with E-state index in [-0.39, 0.29) is 28.5 Å². The zero-order chi connectivity index (χ0) is 21.5. The van der Waals surface area contributed by atoms with Crippen LogP contribution in [0.15, 0.2) is 12.7 Å². The van der Waals surface area contributed by atoms with E-state index in [4.69, 9.17) is 0 Å². The number of aliphatic hydroxyl groups is 1. The van der Waals surface area contributed by atoms with Crippen molar-refractivity contribution in [2.24, 2.45) is 11.8 Å². The third kappa shape index (κ3) is 3.43. The minimum Gasteiger partial charge on any atom is -0.481 e. The van der Waals surface area contributed by atoms with E-state index in [1.165, 1.54) is 16.7 Å². The molecule has 3 aliphatic heterocycles.